The molecule has 1 saturated heterocycles. The molecule has 1 aliphatic heterocycles. The van der Waals surface area contributed by atoms with Crippen LogP contribution in [0.3, 0.4) is 0 Å². The quantitative estimate of drug-likeness (QED) is 0.499. The number of sulfonamides is 1. The summed E-state index contributed by atoms with van der Waals surface area (Å²) in [6.45, 7) is 2.62. The van der Waals surface area contributed by atoms with Gasteiger partial charge in [-0.1, -0.05) is 0 Å². The number of carbonyl (C=O) groups excluding carboxylic acids is 1. The summed E-state index contributed by atoms with van der Waals surface area (Å²) < 4.78 is 30.3. The molecular weight excluding hydrogens is 386 g/mol. The number of aromatic amines is 1. The number of fused-ring (bicyclic) bond motifs is 1. The first kappa shape index (κ1) is 20.7. The minimum absolute atomic E-state index is 0.0104. The van der Waals surface area contributed by atoms with Crippen molar-refractivity contribution < 1.29 is 23.1 Å². The molecule has 3 rings (SSSR count). The average Bonchev–Trinajstić information content (AvgIpc) is 2.85. The largest absolute Gasteiger partial charge is 0.385 e. The van der Waals surface area contributed by atoms with Crippen molar-refractivity contribution in [1.82, 2.24) is 19.6 Å². The minimum Gasteiger partial charge on any atom is -0.385 e. The summed E-state index contributed by atoms with van der Waals surface area (Å²) in [5, 5.41) is 13.5. The Morgan fingerprint density at radius 1 is 1.46 bits per heavy atom. The van der Waals surface area contributed by atoms with Crippen LogP contribution in [0.4, 0.5) is 5.69 Å². The van der Waals surface area contributed by atoms with Gasteiger partial charge in [-0.2, -0.15) is 0 Å². The summed E-state index contributed by atoms with van der Waals surface area (Å²) in [6, 6.07) is 5.41. The van der Waals surface area contributed by atoms with E-state index in [1.54, 1.807) is 11.0 Å². The van der Waals surface area contributed by atoms with E-state index in [0.717, 1.165) is 23.1 Å². The molecule has 0 radical (unpaired) electrons. The van der Waals surface area contributed by atoms with Gasteiger partial charge in [0.2, 0.25) is 15.9 Å². The Labute approximate surface area is 163 Å². The van der Waals surface area contributed by atoms with Crippen LogP contribution in [0.25, 0.3) is 11.0 Å². The van der Waals surface area contributed by atoms with Crippen LogP contribution in [0.1, 0.15) is 5.82 Å². The van der Waals surface area contributed by atoms with E-state index < -0.39 is 15.6 Å². The minimum atomic E-state index is -3.44. The Bertz CT molecular complexity index is 960. The summed E-state index contributed by atoms with van der Waals surface area (Å²) in [5.41, 5.74) is 0.885. The van der Waals surface area contributed by atoms with Crippen molar-refractivity contribution in [1.29, 1.82) is 0 Å². The lowest BCUT2D eigenvalue weighted by molar-refractivity contribution is -0.117. The number of anilines is 1. The summed E-state index contributed by atoms with van der Waals surface area (Å²) in [4.78, 5) is 21.6. The highest BCUT2D eigenvalue weighted by Gasteiger charge is 2.33. The monoisotopic (exact) mass is 411 g/mol. The fraction of sp³-hybridized carbons (Fsp3) is 0.529. The van der Waals surface area contributed by atoms with Gasteiger partial charge in [0.05, 0.1) is 37.0 Å². The van der Waals surface area contributed by atoms with Gasteiger partial charge in [0.1, 0.15) is 11.4 Å². The Hall–Kier alpha value is -2.05. The van der Waals surface area contributed by atoms with Crippen molar-refractivity contribution in [3.8, 4) is 0 Å². The smallest absolute Gasteiger partial charge is 0.238 e. The molecule has 2 aromatic rings. The molecule has 1 fully saturated rings. The van der Waals surface area contributed by atoms with Gasteiger partial charge in [-0.25, -0.2) is 18.1 Å². The zero-order chi connectivity index (χ0) is 20.4. The number of imidazole rings is 1. The van der Waals surface area contributed by atoms with E-state index in [2.05, 4.69) is 20.0 Å². The van der Waals surface area contributed by atoms with Gasteiger partial charge < -0.3 is 20.1 Å². The van der Waals surface area contributed by atoms with Crippen molar-refractivity contribution in [2.75, 3.05) is 51.0 Å². The molecule has 28 heavy (non-hydrogen) atoms. The molecule has 1 amide bonds. The second-order valence-corrected chi connectivity index (χ2v) is 9.02. The molecular formula is C17H25N5O5S. The number of rotatable bonds is 6. The lowest BCUT2D eigenvalue weighted by Crippen LogP contribution is -2.53. The number of aryl methyl sites for hydroxylation is 1. The number of ether oxygens (including phenoxy) is 1. The van der Waals surface area contributed by atoms with Crippen molar-refractivity contribution in [3.05, 3.63) is 24.0 Å². The Kier molecular flexibility index (Phi) is 6.01. The Morgan fingerprint density at radius 3 is 3.00 bits per heavy atom. The number of H-pyrrole nitrogens is 1. The standard InChI is InChI=1S/C17H25N5O5S/c1-12-19-14-4-3-13(7-15(14)20-12)21-16(23)8-22-5-6-27-11-17(24,10-22)9-18-28(2,25)26/h3-4,7,18,24H,5-6,8-11H2,1-2H3,(H,19,20)(H,21,23)/t17-/m1/s1. The van der Waals surface area contributed by atoms with E-state index in [4.69, 9.17) is 4.74 Å². The van der Waals surface area contributed by atoms with Crippen LogP contribution in [0, 0.1) is 6.92 Å². The summed E-state index contributed by atoms with van der Waals surface area (Å²) in [5.74, 6) is 0.556. The predicted octanol–water partition coefficient (Wildman–Crippen LogP) is -0.578. The van der Waals surface area contributed by atoms with Crippen LogP contribution >= 0.6 is 0 Å². The van der Waals surface area contributed by atoms with E-state index in [9.17, 15) is 18.3 Å². The highest BCUT2D eigenvalue weighted by molar-refractivity contribution is 7.88. The number of nitrogens with zero attached hydrogens (tertiary/aromatic N) is 2. The highest BCUT2D eigenvalue weighted by Crippen LogP contribution is 2.17. The molecule has 1 aromatic heterocycles. The van der Waals surface area contributed by atoms with Crippen molar-refractivity contribution in [2.45, 2.75) is 12.5 Å². The molecule has 11 heteroatoms. The van der Waals surface area contributed by atoms with E-state index in [0.29, 0.717) is 18.8 Å². The van der Waals surface area contributed by atoms with Gasteiger partial charge >= 0.3 is 0 Å². The maximum atomic E-state index is 12.4. The number of carbonyl (C=O) groups is 1. The normalized spacial score (nSPS) is 21.5. The molecule has 154 valence electrons. The van der Waals surface area contributed by atoms with Crippen molar-refractivity contribution in [3.63, 3.8) is 0 Å². The average molecular weight is 411 g/mol. The first-order valence-corrected chi connectivity index (χ1v) is 10.7. The zero-order valence-electron chi connectivity index (χ0n) is 15.9. The fourth-order valence-electron chi connectivity index (χ4n) is 3.12. The van der Waals surface area contributed by atoms with Gasteiger partial charge in [0.15, 0.2) is 0 Å². The molecule has 0 saturated carbocycles. The maximum Gasteiger partial charge on any atom is 0.238 e. The number of hydrogen-bond acceptors (Lipinski definition) is 7. The SMILES string of the molecule is Cc1nc2ccc(NC(=O)CN3CCOC[C@@](O)(CNS(C)(=O)=O)C3)cc2[nH]1. The van der Waals surface area contributed by atoms with Gasteiger partial charge in [-0.3, -0.25) is 9.69 Å². The van der Waals surface area contributed by atoms with Crippen LogP contribution in [-0.4, -0.2) is 85.5 Å². The first-order valence-electron chi connectivity index (χ1n) is 8.85. The molecule has 0 spiro atoms. The summed E-state index contributed by atoms with van der Waals surface area (Å²) in [6.07, 6.45) is 1.02. The number of benzene rings is 1. The van der Waals surface area contributed by atoms with Crippen LogP contribution in [0.5, 0.6) is 0 Å². The number of aliphatic hydroxyl groups is 1. The molecule has 10 nitrogen and oxygen atoms in total. The summed E-state index contributed by atoms with van der Waals surface area (Å²) in [7, 11) is -3.44. The first-order chi connectivity index (χ1) is 13.1. The molecule has 2 heterocycles. The highest BCUT2D eigenvalue weighted by atomic mass is 32.2. The topological polar surface area (TPSA) is 137 Å². The van der Waals surface area contributed by atoms with E-state index >= 15 is 0 Å². The van der Waals surface area contributed by atoms with Crippen LogP contribution in [0.15, 0.2) is 18.2 Å². The molecule has 0 unspecified atom stereocenters. The lowest BCUT2D eigenvalue weighted by atomic mass is 10.1. The second kappa shape index (κ2) is 8.13. The third kappa shape index (κ3) is 5.72. The van der Waals surface area contributed by atoms with Gasteiger partial charge in [-0.15, -0.1) is 0 Å². The second-order valence-electron chi connectivity index (χ2n) is 7.18. The molecule has 1 aliphatic rings. The molecule has 0 aliphatic carbocycles. The van der Waals surface area contributed by atoms with E-state index in [1.807, 2.05) is 19.1 Å². The third-order valence-corrected chi connectivity index (χ3v) is 5.02. The van der Waals surface area contributed by atoms with E-state index in [1.165, 1.54) is 0 Å². The molecule has 4 N–H and O–H groups in total. The molecule has 1 aromatic carbocycles. The Morgan fingerprint density at radius 2 is 2.25 bits per heavy atom. The van der Waals surface area contributed by atoms with Crippen LogP contribution in [-0.2, 0) is 19.6 Å². The lowest BCUT2D eigenvalue weighted by Gasteiger charge is -2.30. The third-order valence-electron chi connectivity index (χ3n) is 4.36. The van der Waals surface area contributed by atoms with Crippen LogP contribution < -0.4 is 10.0 Å². The number of nitrogens with one attached hydrogen (secondary N) is 3. The Balaban J connectivity index is 1.61. The number of amides is 1. The van der Waals surface area contributed by atoms with Gasteiger partial charge in [0, 0.05) is 25.3 Å². The predicted molar refractivity (Wildman–Crippen MR) is 105 cm³/mol. The summed E-state index contributed by atoms with van der Waals surface area (Å²) >= 11 is 0. The fourth-order valence-corrected chi connectivity index (χ4v) is 3.65. The number of aromatic nitrogens is 2. The van der Waals surface area contributed by atoms with Crippen LogP contribution in [0.2, 0.25) is 0 Å². The van der Waals surface area contributed by atoms with Gasteiger partial charge in [-0.05, 0) is 25.1 Å². The number of hydrogen-bond donors (Lipinski definition) is 4. The number of β-amino-alcohol motifs (C(OH)–C–C–N with tert-alkyl or cyclic N) is 1. The van der Waals surface area contributed by atoms with Crippen molar-refractivity contribution >= 4 is 32.7 Å². The van der Waals surface area contributed by atoms with Gasteiger partial charge in [0.25, 0.3) is 0 Å². The maximum absolute atomic E-state index is 12.4. The van der Waals surface area contributed by atoms with Crippen molar-refractivity contribution in [2.24, 2.45) is 0 Å². The van der Waals surface area contributed by atoms with E-state index in [-0.39, 0.29) is 32.1 Å². The molecule has 1 atom stereocenters. The zero-order valence-corrected chi connectivity index (χ0v) is 16.7. The molecule has 0 bridgehead atoms.